The molecule has 0 radical (unpaired) electrons. The lowest BCUT2D eigenvalue weighted by Crippen LogP contribution is -2.22. The number of carbonyl (C=O) groups excluding carboxylic acids is 1. The molecule has 0 aromatic carbocycles. The van der Waals surface area contributed by atoms with Crippen LogP contribution in [0.15, 0.2) is 12.3 Å². The van der Waals surface area contributed by atoms with Crippen LogP contribution in [0.25, 0.3) is 0 Å². The Hall–Kier alpha value is -1.78. The van der Waals surface area contributed by atoms with Gasteiger partial charge in [0.05, 0.1) is 18.4 Å². The molecule has 116 valence electrons. The second-order valence-electron chi connectivity index (χ2n) is 5.79. The Morgan fingerprint density at radius 3 is 2.67 bits per heavy atom. The highest BCUT2D eigenvalue weighted by Crippen LogP contribution is 2.31. The first kappa shape index (κ1) is 15.6. The van der Waals surface area contributed by atoms with E-state index in [2.05, 4.69) is 17.2 Å². The fraction of sp³-hybridized carbons (Fsp3) is 0.625. The number of esters is 1. The lowest BCUT2D eigenvalue weighted by atomic mass is 9.81. The number of hydrogen-bond donors (Lipinski definition) is 2. The van der Waals surface area contributed by atoms with Gasteiger partial charge < -0.3 is 15.8 Å². The second-order valence-corrected chi connectivity index (χ2v) is 5.79. The SMILES string of the molecule is CCC1CCC(CNc2nccc(C(=O)OC)c2N)CC1. The molecule has 0 unspecified atom stereocenters. The zero-order valence-electron chi connectivity index (χ0n) is 12.9. The van der Waals surface area contributed by atoms with E-state index in [4.69, 9.17) is 10.5 Å². The van der Waals surface area contributed by atoms with Gasteiger partial charge in [0.1, 0.15) is 5.82 Å². The average Bonchev–Trinajstić information content (AvgIpc) is 2.53. The summed E-state index contributed by atoms with van der Waals surface area (Å²) in [6.45, 7) is 3.13. The van der Waals surface area contributed by atoms with Crippen molar-refractivity contribution < 1.29 is 9.53 Å². The third-order valence-electron chi connectivity index (χ3n) is 4.50. The van der Waals surface area contributed by atoms with Crippen molar-refractivity contribution in [3.8, 4) is 0 Å². The van der Waals surface area contributed by atoms with Gasteiger partial charge in [0, 0.05) is 12.7 Å². The van der Waals surface area contributed by atoms with Crippen molar-refractivity contribution in [2.24, 2.45) is 11.8 Å². The van der Waals surface area contributed by atoms with E-state index in [1.807, 2.05) is 0 Å². The molecule has 1 fully saturated rings. The van der Waals surface area contributed by atoms with Gasteiger partial charge in [-0.2, -0.15) is 0 Å². The number of aromatic nitrogens is 1. The Balaban J connectivity index is 1.93. The lowest BCUT2D eigenvalue weighted by molar-refractivity contribution is 0.0602. The molecule has 0 saturated heterocycles. The number of nitrogens with two attached hydrogens (primary N) is 1. The van der Waals surface area contributed by atoms with Crippen molar-refractivity contribution in [1.82, 2.24) is 4.98 Å². The topological polar surface area (TPSA) is 77.2 Å². The highest BCUT2D eigenvalue weighted by atomic mass is 16.5. The molecule has 5 heteroatoms. The van der Waals surface area contributed by atoms with E-state index in [0.717, 1.165) is 12.5 Å². The fourth-order valence-corrected chi connectivity index (χ4v) is 2.99. The molecule has 1 saturated carbocycles. The molecule has 1 aliphatic carbocycles. The fourth-order valence-electron chi connectivity index (χ4n) is 2.99. The predicted molar refractivity (Wildman–Crippen MR) is 84.2 cm³/mol. The molecule has 0 bridgehead atoms. The summed E-state index contributed by atoms with van der Waals surface area (Å²) in [6.07, 6.45) is 8.00. The molecule has 0 spiro atoms. The van der Waals surface area contributed by atoms with E-state index in [9.17, 15) is 4.79 Å². The van der Waals surface area contributed by atoms with Crippen LogP contribution in [0.1, 0.15) is 49.4 Å². The van der Waals surface area contributed by atoms with Gasteiger partial charge in [-0.15, -0.1) is 0 Å². The van der Waals surface area contributed by atoms with Crippen LogP contribution in [0.2, 0.25) is 0 Å². The predicted octanol–water partition coefficient (Wildman–Crippen LogP) is 3.08. The van der Waals surface area contributed by atoms with E-state index >= 15 is 0 Å². The summed E-state index contributed by atoms with van der Waals surface area (Å²) in [5.41, 5.74) is 6.73. The van der Waals surface area contributed by atoms with E-state index in [1.165, 1.54) is 39.2 Å². The van der Waals surface area contributed by atoms with Crippen molar-refractivity contribution in [2.75, 3.05) is 24.7 Å². The van der Waals surface area contributed by atoms with E-state index in [-0.39, 0.29) is 0 Å². The van der Waals surface area contributed by atoms with Crippen LogP contribution < -0.4 is 11.1 Å². The molecule has 1 aromatic heterocycles. The lowest BCUT2D eigenvalue weighted by Gasteiger charge is -2.28. The maximum atomic E-state index is 11.6. The minimum Gasteiger partial charge on any atom is -0.465 e. The van der Waals surface area contributed by atoms with E-state index in [1.54, 1.807) is 12.3 Å². The Bertz CT molecular complexity index is 482. The summed E-state index contributed by atoms with van der Waals surface area (Å²) in [4.78, 5) is 15.8. The number of pyridine rings is 1. The minimum absolute atomic E-state index is 0.365. The van der Waals surface area contributed by atoms with Crippen molar-refractivity contribution in [1.29, 1.82) is 0 Å². The molecular formula is C16H25N3O2. The van der Waals surface area contributed by atoms with Crippen LogP contribution >= 0.6 is 0 Å². The van der Waals surface area contributed by atoms with Gasteiger partial charge in [-0.05, 0) is 30.7 Å². The monoisotopic (exact) mass is 291 g/mol. The van der Waals surface area contributed by atoms with Crippen LogP contribution in [0.5, 0.6) is 0 Å². The molecule has 1 aromatic rings. The number of nitrogen functional groups attached to an aromatic ring is 1. The molecule has 0 aliphatic heterocycles. The van der Waals surface area contributed by atoms with Crippen molar-refractivity contribution in [3.63, 3.8) is 0 Å². The zero-order chi connectivity index (χ0) is 15.2. The summed E-state index contributed by atoms with van der Waals surface area (Å²) in [5, 5.41) is 3.29. The molecule has 0 amide bonds. The summed E-state index contributed by atoms with van der Waals surface area (Å²) >= 11 is 0. The maximum absolute atomic E-state index is 11.6. The van der Waals surface area contributed by atoms with Gasteiger partial charge in [-0.25, -0.2) is 9.78 Å². The Labute approximate surface area is 126 Å². The van der Waals surface area contributed by atoms with E-state index in [0.29, 0.717) is 23.0 Å². The van der Waals surface area contributed by atoms with Crippen LogP contribution in [0.3, 0.4) is 0 Å². The van der Waals surface area contributed by atoms with E-state index < -0.39 is 5.97 Å². The number of rotatable bonds is 5. The molecule has 5 nitrogen and oxygen atoms in total. The summed E-state index contributed by atoms with van der Waals surface area (Å²) in [7, 11) is 1.35. The Morgan fingerprint density at radius 1 is 1.38 bits per heavy atom. The zero-order valence-corrected chi connectivity index (χ0v) is 12.9. The van der Waals surface area contributed by atoms with Gasteiger partial charge in [-0.3, -0.25) is 0 Å². The third-order valence-corrected chi connectivity index (χ3v) is 4.50. The largest absolute Gasteiger partial charge is 0.465 e. The average molecular weight is 291 g/mol. The second kappa shape index (κ2) is 7.29. The molecule has 1 heterocycles. The third kappa shape index (κ3) is 3.86. The van der Waals surface area contributed by atoms with Crippen molar-refractivity contribution in [3.05, 3.63) is 17.8 Å². The Morgan fingerprint density at radius 2 is 2.05 bits per heavy atom. The first-order valence-corrected chi connectivity index (χ1v) is 7.72. The van der Waals surface area contributed by atoms with Crippen molar-refractivity contribution >= 4 is 17.5 Å². The number of methoxy groups -OCH3 is 1. The van der Waals surface area contributed by atoms with Gasteiger partial charge >= 0.3 is 5.97 Å². The van der Waals surface area contributed by atoms with Crippen LogP contribution in [-0.2, 0) is 4.74 Å². The van der Waals surface area contributed by atoms with Gasteiger partial charge in [0.2, 0.25) is 0 Å². The Kier molecular flexibility index (Phi) is 5.42. The molecule has 3 N–H and O–H groups in total. The number of anilines is 2. The van der Waals surface area contributed by atoms with Gasteiger partial charge in [0.25, 0.3) is 0 Å². The number of nitrogens with one attached hydrogen (secondary N) is 1. The maximum Gasteiger partial charge on any atom is 0.340 e. The highest BCUT2D eigenvalue weighted by Gasteiger charge is 2.20. The molecule has 1 aliphatic rings. The molecule has 2 rings (SSSR count). The van der Waals surface area contributed by atoms with Crippen molar-refractivity contribution in [2.45, 2.75) is 39.0 Å². The highest BCUT2D eigenvalue weighted by molar-refractivity contribution is 5.97. The number of ether oxygens (including phenoxy) is 1. The number of nitrogens with zero attached hydrogens (tertiary/aromatic N) is 1. The quantitative estimate of drug-likeness (QED) is 0.815. The standard InChI is InChI=1S/C16H25N3O2/c1-3-11-4-6-12(7-5-11)10-19-15-14(17)13(8-9-18-15)16(20)21-2/h8-9,11-12H,3-7,10,17H2,1-2H3,(H,18,19). The normalized spacial score (nSPS) is 21.8. The summed E-state index contributed by atoms with van der Waals surface area (Å²) in [5.74, 6) is 1.71. The van der Waals surface area contributed by atoms with Crippen LogP contribution in [0, 0.1) is 11.8 Å². The van der Waals surface area contributed by atoms with Gasteiger partial charge in [-0.1, -0.05) is 26.2 Å². The first-order valence-electron chi connectivity index (χ1n) is 7.72. The number of carbonyl (C=O) groups is 1. The molecule has 0 atom stereocenters. The van der Waals surface area contributed by atoms with Crippen LogP contribution in [0.4, 0.5) is 11.5 Å². The molecular weight excluding hydrogens is 266 g/mol. The van der Waals surface area contributed by atoms with Crippen LogP contribution in [-0.4, -0.2) is 24.6 Å². The summed E-state index contributed by atoms with van der Waals surface area (Å²) < 4.78 is 4.72. The first-order chi connectivity index (χ1) is 10.2. The van der Waals surface area contributed by atoms with Gasteiger partial charge in [0.15, 0.2) is 0 Å². The number of hydrogen-bond acceptors (Lipinski definition) is 5. The summed E-state index contributed by atoms with van der Waals surface area (Å²) in [6, 6.07) is 1.58. The minimum atomic E-state index is -0.429. The molecule has 21 heavy (non-hydrogen) atoms. The smallest absolute Gasteiger partial charge is 0.340 e.